The van der Waals surface area contributed by atoms with Gasteiger partial charge in [0.25, 0.3) is 5.91 Å². The zero-order chi connectivity index (χ0) is 19.9. The number of carbonyl (C=O) groups is 1. The van der Waals surface area contributed by atoms with Crippen molar-refractivity contribution in [2.75, 3.05) is 25.6 Å². The minimum absolute atomic E-state index is 0.270. The molecule has 0 aliphatic heterocycles. The van der Waals surface area contributed by atoms with Crippen molar-refractivity contribution in [2.24, 2.45) is 0 Å². The molecule has 1 heterocycles. The molecule has 0 radical (unpaired) electrons. The van der Waals surface area contributed by atoms with Crippen LogP contribution in [0.25, 0.3) is 11.4 Å². The van der Waals surface area contributed by atoms with Crippen LogP contribution >= 0.6 is 11.5 Å². The van der Waals surface area contributed by atoms with Gasteiger partial charge in [0, 0.05) is 22.7 Å². The molecular weight excluding hydrogens is 378 g/mol. The van der Waals surface area contributed by atoms with Gasteiger partial charge in [-0.25, -0.2) is 0 Å². The number of hydrogen-bond donors (Lipinski definition) is 1. The van der Waals surface area contributed by atoms with Crippen LogP contribution in [0.15, 0.2) is 42.5 Å². The Kier molecular flexibility index (Phi) is 6.44. The van der Waals surface area contributed by atoms with Crippen LogP contribution in [0.1, 0.15) is 24.2 Å². The van der Waals surface area contributed by atoms with Crippen LogP contribution in [-0.4, -0.2) is 35.6 Å². The molecule has 0 bridgehead atoms. The number of benzene rings is 2. The minimum Gasteiger partial charge on any atom is -0.494 e. The second-order valence-electron chi connectivity index (χ2n) is 5.64. The van der Waals surface area contributed by atoms with Crippen molar-refractivity contribution in [2.45, 2.75) is 13.8 Å². The Labute approximate surface area is 167 Å². The lowest BCUT2D eigenvalue weighted by atomic mass is 10.2. The normalized spacial score (nSPS) is 10.4. The minimum atomic E-state index is -0.270. The number of methoxy groups -OCH3 is 1. The number of carbonyl (C=O) groups excluding carboxylic acids is 1. The van der Waals surface area contributed by atoms with Gasteiger partial charge in [0.2, 0.25) is 5.13 Å². The van der Waals surface area contributed by atoms with Gasteiger partial charge in [0.05, 0.1) is 20.3 Å². The van der Waals surface area contributed by atoms with Crippen LogP contribution in [0.3, 0.4) is 0 Å². The first kappa shape index (κ1) is 19.6. The molecule has 28 heavy (non-hydrogen) atoms. The number of ether oxygens (including phenoxy) is 3. The molecule has 0 saturated carbocycles. The van der Waals surface area contributed by atoms with E-state index in [-0.39, 0.29) is 5.91 Å². The maximum Gasteiger partial charge on any atom is 0.257 e. The van der Waals surface area contributed by atoms with E-state index in [1.165, 1.54) is 0 Å². The standard InChI is InChI=1S/C20H21N3O4S/c1-4-26-15-8-6-7-14(11-15)19(24)22-20-21-18(23-28-20)13-9-10-16(27-5-2)17(12-13)25-3/h6-12H,4-5H2,1-3H3,(H,21,22,23,24). The van der Waals surface area contributed by atoms with E-state index < -0.39 is 0 Å². The molecule has 2 aromatic carbocycles. The van der Waals surface area contributed by atoms with Gasteiger partial charge in [-0.1, -0.05) is 6.07 Å². The summed E-state index contributed by atoms with van der Waals surface area (Å²) in [6.07, 6.45) is 0. The molecule has 146 valence electrons. The van der Waals surface area contributed by atoms with Crippen molar-refractivity contribution in [3.8, 4) is 28.6 Å². The number of nitrogens with zero attached hydrogens (tertiary/aromatic N) is 2. The predicted molar refractivity (Wildman–Crippen MR) is 109 cm³/mol. The molecule has 0 spiro atoms. The number of aromatic nitrogens is 2. The van der Waals surface area contributed by atoms with Crippen molar-refractivity contribution in [1.82, 2.24) is 9.36 Å². The van der Waals surface area contributed by atoms with E-state index in [1.54, 1.807) is 25.3 Å². The smallest absolute Gasteiger partial charge is 0.257 e. The maximum atomic E-state index is 12.5. The van der Waals surface area contributed by atoms with Crippen LogP contribution in [0.5, 0.6) is 17.2 Å². The lowest BCUT2D eigenvalue weighted by Crippen LogP contribution is -2.11. The summed E-state index contributed by atoms with van der Waals surface area (Å²) in [5, 5.41) is 3.18. The van der Waals surface area contributed by atoms with Gasteiger partial charge >= 0.3 is 0 Å². The number of nitrogens with one attached hydrogen (secondary N) is 1. The van der Waals surface area contributed by atoms with E-state index >= 15 is 0 Å². The highest BCUT2D eigenvalue weighted by Crippen LogP contribution is 2.32. The van der Waals surface area contributed by atoms with Crippen LogP contribution in [-0.2, 0) is 0 Å². The third kappa shape index (κ3) is 4.58. The second kappa shape index (κ2) is 9.18. The van der Waals surface area contributed by atoms with E-state index in [2.05, 4.69) is 14.7 Å². The fourth-order valence-corrected chi connectivity index (χ4v) is 3.12. The van der Waals surface area contributed by atoms with E-state index in [0.717, 1.165) is 17.1 Å². The zero-order valence-corrected chi connectivity index (χ0v) is 16.7. The van der Waals surface area contributed by atoms with Crippen molar-refractivity contribution >= 4 is 22.6 Å². The lowest BCUT2D eigenvalue weighted by Gasteiger charge is -2.09. The summed E-state index contributed by atoms with van der Waals surface area (Å²) in [5.41, 5.74) is 1.26. The Morgan fingerprint density at radius 2 is 1.89 bits per heavy atom. The molecule has 7 nitrogen and oxygen atoms in total. The average Bonchev–Trinajstić information content (AvgIpc) is 3.17. The first-order valence-corrected chi connectivity index (χ1v) is 9.61. The molecule has 3 rings (SSSR count). The number of hydrogen-bond acceptors (Lipinski definition) is 7. The first-order valence-electron chi connectivity index (χ1n) is 8.83. The SMILES string of the molecule is CCOc1cccc(C(=O)Nc2nc(-c3ccc(OCC)c(OC)c3)ns2)c1. The Hall–Kier alpha value is -3.13. The Balaban J connectivity index is 1.75. The van der Waals surface area contributed by atoms with Crippen molar-refractivity contribution in [1.29, 1.82) is 0 Å². The predicted octanol–water partition coefficient (Wildman–Crippen LogP) is 4.26. The summed E-state index contributed by atoms with van der Waals surface area (Å²) in [6, 6.07) is 12.5. The molecule has 8 heteroatoms. The highest BCUT2D eigenvalue weighted by Gasteiger charge is 2.14. The second-order valence-corrected chi connectivity index (χ2v) is 6.39. The van der Waals surface area contributed by atoms with Gasteiger partial charge in [0.15, 0.2) is 17.3 Å². The quantitative estimate of drug-likeness (QED) is 0.609. The summed E-state index contributed by atoms with van der Waals surface area (Å²) < 4.78 is 20.6. The molecule has 1 N–H and O–H groups in total. The average molecular weight is 399 g/mol. The highest BCUT2D eigenvalue weighted by molar-refractivity contribution is 7.10. The Morgan fingerprint density at radius 1 is 1.07 bits per heavy atom. The number of anilines is 1. The van der Waals surface area contributed by atoms with E-state index in [0.29, 0.717) is 47.0 Å². The summed E-state index contributed by atoms with van der Waals surface area (Å²) in [5.74, 6) is 2.15. The molecule has 1 aromatic heterocycles. The summed E-state index contributed by atoms with van der Waals surface area (Å²) in [4.78, 5) is 16.9. The summed E-state index contributed by atoms with van der Waals surface area (Å²) >= 11 is 1.11. The van der Waals surface area contributed by atoms with Gasteiger partial charge in [-0.15, -0.1) is 0 Å². The number of amides is 1. The molecule has 0 aliphatic rings. The monoisotopic (exact) mass is 399 g/mol. The fraction of sp³-hybridized carbons (Fsp3) is 0.250. The van der Waals surface area contributed by atoms with E-state index in [4.69, 9.17) is 14.2 Å². The van der Waals surface area contributed by atoms with E-state index in [1.807, 2.05) is 38.1 Å². The molecule has 0 aliphatic carbocycles. The van der Waals surface area contributed by atoms with Crippen molar-refractivity contribution < 1.29 is 19.0 Å². The molecular formula is C20H21N3O4S. The molecule has 0 atom stereocenters. The van der Waals surface area contributed by atoms with Crippen LogP contribution < -0.4 is 19.5 Å². The van der Waals surface area contributed by atoms with Crippen molar-refractivity contribution in [3.05, 3.63) is 48.0 Å². The van der Waals surface area contributed by atoms with Gasteiger partial charge in [-0.05, 0) is 50.2 Å². The molecule has 0 unspecified atom stereocenters. The van der Waals surface area contributed by atoms with Gasteiger partial charge in [-0.2, -0.15) is 9.36 Å². The van der Waals surface area contributed by atoms with E-state index in [9.17, 15) is 4.79 Å². The fourth-order valence-electron chi connectivity index (χ4n) is 2.54. The summed E-state index contributed by atoms with van der Waals surface area (Å²) in [7, 11) is 1.58. The molecule has 0 fully saturated rings. The summed E-state index contributed by atoms with van der Waals surface area (Å²) in [6.45, 7) is 4.89. The lowest BCUT2D eigenvalue weighted by molar-refractivity contribution is 0.102. The Bertz CT molecular complexity index is 958. The van der Waals surface area contributed by atoms with Crippen molar-refractivity contribution in [3.63, 3.8) is 0 Å². The van der Waals surface area contributed by atoms with Gasteiger partial charge in [-0.3, -0.25) is 10.1 Å². The van der Waals surface area contributed by atoms with Gasteiger partial charge in [0.1, 0.15) is 5.75 Å². The number of rotatable bonds is 8. The van der Waals surface area contributed by atoms with Crippen LogP contribution in [0.4, 0.5) is 5.13 Å². The van der Waals surface area contributed by atoms with Crippen LogP contribution in [0.2, 0.25) is 0 Å². The topological polar surface area (TPSA) is 82.6 Å². The molecule has 3 aromatic rings. The third-order valence-electron chi connectivity index (χ3n) is 3.78. The molecule has 0 saturated heterocycles. The largest absolute Gasteiger partial charge is 0.494 e. The highest BCUT2D eigenvalue weighted by atomic mass is 32.1. The molecule has 1 amide bonds. The first-order chi connectivity index (χ1) is 13.6. The van der Waals surface area contributed by atoms with Crippen LogP contribution in [0, 0.1) is 0 Å². The van der Waals surface area contributed by atoms with Gasteiger partial charge < -0.3 is 14.2 Å². The maximum absolute atomic E-state index is 12.5. The zero-order valence-electron chi connectivity index (χ0n) is 15.9. The third-order valence-corrected chi connectivity index (χ3v) is 4.41. The Morgan fingerprint density at radius 3 is 2.64 bits per heavy atom.